The van der Waals surface area contributed by atoms with Gasteiger partial charge in [0.2, 0.25) is 0 Å². The van der Waals surface area contributed by atoms with Crippen molar-refractivity contribution in [1.82, 2.24) is 9.78 Å². The summed E-state index contributed by atoms with van der Waals surface area (Å²) in [5.74, 6) is 0.850. The van der Waals surface area contributed by atoms with Crippen LogP contribution in [0.2, 0.25) is 0 Å². The quantitative estimate of drug-likeness (QED) is 0.589. The highest BCUT2D eigenvalue weighted by atomic mass is 16.6. The number of hydrogen-bond donors (Lipinski definition) is 1. The zero-order chi connectivity index (χ0) is 16.7. The van der Waals surface area contributed by atoms with Gasteiger partial charge in [-0.1, -0.05) is 36.4 Å². The van der Waals surface area contributed by atoms with E-state index in [4.69, 9.17) is 5.10 Å². The molecule has 2 aromatic carbocycles. The van der Waals surface area contributed by atoms with E-state index >= 15 is 0 Å². The Morgan fingerprint density at radius 1 is 1.17 bits per heavy atom. The summed E-state index contributed by atoms with van der Waals surface area (Å²) in [6, 6.07) is 14.8. The van der Waals surface area contributed by atoms with E-state index in [1.165, 1.54) is 6.07 Å². The Balaban J connectivity index is 1.96. The molecule has 1 aromatic heterocycles. The Labute approximate surface area is 138 Å². The summed E-state index contributed by atoms with van der Waals surface area (Å²) in [4.78, 5) is 11.0. The van der Waals surface area contributed by atoms with Crippen LogP contribution < -0.4 is 5.32 Å². The molecule has 0 unspecified atom stereocenters. The SMILES string of the molecule is Cc1ccccc1-c1nn(-c2ccccc2[N+](=O)[O-])c2c1CCN2. The second-order valence-electron chi connectivity index (χ2n) is 5.83. The van der Waals surface area contributed by atoms with E-state index < -0.39 is 0 Å². The lowest BCUT2D eigenvalue weighted by molar-refractivity contribution is -0.384. The van der Waals surface area contributed by atoms with Gasteiger partial charge in [-0.05, 0) is 25.0 Å². The summed E-state index contributed by atoms with van der Waals surface area (Å²) in [7, 11) is 0. The number of benzene rings is 2. The van der Waals surface area contributed by atoms with E-state index in [9.17, 15) is 10.1 Å². The van der Waals surface area contributed by atoms with Gasteiger partial charge >= 0.3 is 0 Å². The van der Waals surface area contributed by atoms with Crippen LogP contribution in [0, 0.1) is 17.0 Å². The minimum atomic E-state index is -0.369. The maximum absolute atomic E-state index is 11.4. The normalized spacial score (nSPS) is 12.7. The molecule has 0 bridgehead atoms. The number of aromatic nitrogens is 2. The number of nitrogens with zero attached hydrogens (tertiary/aromatic N) is 3. The average molecular weight is 320 g/mol. The molecule has 2 heterocycles. The van der Waals surface area contributed by atoms with Crippen LogP contribution in [0.5, 0.6) is 0 Å². The van der Waals surface area contributed by atoms with E-state index in [-0.39, 0.29) is 10.6 Å². The van der Waals surface area contributed by atoms with Gasteiger partial charge in [0.1, 0.15) is 11.5 Å². The molecule has 0 amide bonds. The van der Waals surface area contributed by atoms with Crippen LogP contribution in [0.25, 0.3) is 16.9 Å². The number of aryl methyl sites for hydroxylation is 1. The summed E-state index contributed by atoms with van der Waals surface area (Å²) in [6.07, 6.45) is 0.861. The third-order valence-corrected chi connectivity index (χ3v) is 4.36. The van der Waals surface area contributed by atoms with Gasteiger partial charge in [-0.25, -0.2) is 4.68 Å². The van der Waals surface area contributed by atoms with Gasteiger partial charge < -0.3 is 5.32 Å². The van der Waals surface area contributed by atoms with Crippen molar-refractivity contribution in [3.8, 4) is 16.9 Å². The van der Waals surface area contributed by atoms with Gasteiger partial charge in [-0.15, -0.1) is 0 Å². The first kappa shape index (κ1) is 14.4. The second-order valence-corrected chi connectivity index (χ2v) is 5.83. The maximum atomic E-state index is 11.4. The Hall–Kier alpha value is -3.15. The maximum Gasteiger partial charge on any atom is 0.294 e. The molecule has 120 valence electrons. The van der Waals surface area contributed by atoms with Gasteiger partial charge in [-0.3, -0.25) is 10.1 Å². The van der Waals surface area contributed by atoms with Crippen molar-refractivity contribution >= 4 is 11.5 Å². The fraction of sp³-hybridized carbons (Fsp3) is 0.167. The second kappa shape index (κ2) is 5.49. The predicted molar refractivity (Wildman–Crippen MR) is 92.6 cm³/mol. The molecule has 0 spiro atoms. The molecular formula is C18H16N4O2. The van der Waals surface area contributed by atoms with Gasteiger partial charge in [-0.2, -0.15) is 5.10 Å². The van der Waals surface area contributed by atoms with E-state index in [2.05, 4.69) is 5.32 Å². The number of nitro benzene ring substituents is 1. The monoisotopic (exact) mass is 320 g/mol. The van der Waals surface area contributed by atoms with E-state index in [0.29, 0.717) is 5.69 Å². The molecule has 6 heteroatoms. The molecule has 0 fully saturated rings. The summed E-state index contributed by atoms with van der Waals surface area (Å²) < 4.78 is 1.67. The molecule has 1 aliphatic rings. The minimum Gasteiger partial charge on any atom is -0.369 e. The predicted octanol–water partition coefficient (Wildman–Crippen LogP) is 3.72. The van der Waals surface area contributed by atoms with Crippen LogP contribution in [-0.2, 0) is 6.42 Å². The van der Waals surface area contributed by atoms with Crippen molar-refractivity contribution in [2.75, 3.05) is 11.9 Å². The number of nitro groups is 1. The van der Waals surface area contributed by atoms with Crippen molar-refractivity contribution in [3.63, 3.8) is 0 Å². The smallest absolute Gasteiger partial charge is 0.294 e. The molecule has 6 nitrogen and oxygen atoms in total. The topological polar surface area (TPSA) is 73.0 Å². The molecule has 1 N–H and O–H groups in total. The number of anilines is 1. The number of hydrogen-bond acceptors (Lipinski definition) is 4. The van der Waals surface area contributed by atoms with Crippen molar-refractivity contribution in [2.24, 2.45) is 0 Å². The Kier molecular flexibility index (Phi) is 3.30. The van der Waals surface area contributed by atoms with Crippen molar-refractivity contribution in [1.29, 1.82) is 0 Å². The summed E-state index contributed by atoms with van der Waals surface area (Å²) in [6.45, 7) is 2.86. The molecule has 3 aromatic rings. The summed E-state index contributed by atoms with van der Waals surface area (Å²) >= 11 is 0. The first-order valence-electron chi connectivity index (χ1n) is 7.82. The third kappa shape index (κ3) is 2.15. The first-order valence-corrected chi connectivity index (χ1v) is 7.82. The number of rotatable bonds is 3. The lowest BCUT2D eigenvalue weighted by Crippen LogP contribution is -2.06. The summed E-state index contributed by atoms with van der Waals surface area (Å²) in [5.41, 5.74) is 4.74. The van der Waals surface area contributed by atoms with Crippen LogP contribution in [-0.4, -0.2) is 21.2 Å². The highest BCUT2D eigenvalue weighted by molar-refractivity contribution is 5.75. The minimum absolute atomic E-state index is 0.0489. The Bertz CT molecular complexity index is 946. The van der Waals surface area contributed by atoms with E-state index in [0.717, 1.165) is 41.2 Å². The van der Waals surface area contributed by atoms with Crippen LogP contribution >= 0.6 is 0 Å². The largest absolute Gasteiger partial charge is 0.369 e. The zero-order valence-corrected chi connectivity index (χ0v) is 13.2. The van der Waals surface area contributed by atoms with E-state index in [1.54, 1.807) is 22.9 Å². The molecule has 0 aliphatic carbocycles. The van der Waals surface area contributed by atoms with Crippen molar-refractivity contribution in [2.45, 2.75) is 13.3 Å². The standard InChI is InChI=1S/C18H16N4O2/c1-12-6-2-3-7-13(12)17-14-10-11-19-18(14)21(20-17)15-8-4-5-9-16(15)22(23)24/h2-9,19H,10-11H2,1H3. The average Bonchev–Trinajstić information content (AvgIpc) is 3.18. The summed E-state index contributed by atoms with van der Waals surface area (Å²) in [5, 5.41) is 19.4. The fourth-order valence-electron chi connectivity index (χ4n) is 3.20. The highest BCUT2D eigenvalue weighted by Crippen LogP contribution is 2.37. The molecule has 0 radical (unpaired) electrons. The number of fused-ring (bicyclic) bond motifs is 1. The highest BCUT2D eigenvalue weighted by Gasteiger charge is 2.27. The lowest BCUT2D eigenvalue weighted by Gasteiger charge is -2.07. The lowest BCUT2D eigenvalue weighted by atomic mass is 10.0. The van der Waals surface area contributed by atoms with Crippen molar-refractivity contribution in [3.05, 3.63) is 69.8 Å². The van der Waals surface area contributed by atoms with Crippen LogP contribution in [0.1, 0.15) is 11.1 Å². The molecule has 1 aliphatic heterocycles. The first-order chi connectivity index (χ1) is 11.7. The number of nitrogens with one attached hydrogen (secondary N) is 1. The molecule has 0 saturated carbocycles. The van der Waals surface area contributed by atoms with Gasteiger partial charge in [0, 0.05) is 23.7 Å². The van der Waals surface area contributed by atoms with Crippen LogP contribution in [0.3, 0.4) is 0 Å². The van der Waals surface area contributed by atoms with Gasteiger partial charge in [0.05, 0.1) is 10.6 Å². The van der Waals surface area contributed by atoms with E-state index in [1.807, 2.05) is 31.2 Å². The zero-order valence-electron chi connectivity index (χ0n) is 13.2. The van der Waals surface area contributed by atoms with Gasteiger partial charge in [0.25, 0.3) is 5.69 Å². The fourth-order valence-corrected chi connectivity index (χ4v) is 3.20. The molecule has 0 saturated heterocycles. The van der Waals surface area contributed by atoms with Crippen LogP contribution in [0.15, 0.2) is 48.5 Å². The number of para-hydroxylation sites is 2. The molecule has 24 heavy (non-hydrogen) atoms. The molecular weight excluding hydrogens is 304 g/mol. The van der Waals surface area contributed by atoms with Crippen LogP contribution in [0.4, 0.5) is 11.5 Å². The Morgan fingerprint density at radius 2 is 1.92 bits per heavy atom. The Morgan fingerprint density at radius 3 is 2.71 bits per heavy atom. The van der Waals surface area contributed by atoms with Crippen molar-refractivity contribution < 1.29 is 4.92 Å². The van der Waals surface area contributed by atoms with Gasteiger partial charge in [0.15, 0.2) is 0 Å². The molecule has 0 atom stereocenters. The molecule has 4 rings (SSSR count). The third-order valence-electron chi connectivity index (χ3n) is 4.36.